The smallest absolute Gasteiger partial charge is 0.252 e. The molecule has 1 amide bonds. The van der Waals surface area contributed by atoms with Crippen molar-refractivity contribution >= 4 is 22.9 Å². The normalized spacial score (nSPS) is 15.4. The van der Waals surface area contributed by atoms with Crippen molar-refractivity contribution in [3.8, 4) is 28.8 Å². The molecule has 1 atom stereocenters. The molecule has 0 radical (unpaired) electrons. The van der Waals surface area contributed by atoms with E-state index >= 15 is 0 Å². The van der Waals surface area contributed by atoms with Crippen LogP contribution in [0.15, 0.2) is 73.3 Å². The molecule has 0 bridgehead atoms. The predicted molar refractivity (Wildman–Crippen MR) is 153 cm³/mol. The number of hydrogen-bond donors (Lipinski definition) is 2. The van der Waals surface area contributed by atoms with E-state index in [2.05, 4.69) is 37.6 Å². The third-order valence-corrected chi connectivity index (χ3v) is 7.81. The van der Waals surface area contributed by atoms with Crippen LogP contribution in [0.2, 0.25) is 0 Å². The van der Waals surface area contributed by atoms with Crippen molar-refractivity contribution in [2.75, 3.05) is 12.3 Å². The number of nitrogens with one attached hydrogen (secondary N) is 1. The highest BCUT2D eigenvalue weighted by Crippen LogP contribution is 2.36. The van der Waals surface area contributed by atoms with E-state index in [0.29, 0.717) is 58.7 Å². The van der Waals surface area contributed by atoms with Crippen LogP contribution in [0.3, 0.4) is 0 Å². The lowest BCUT2D eigenvalue weighted by molar-refractivity contribution is 0.0935. The molecule has 3 N–H and O–H groups in total. The fourth-order valence-corrected chi connectivity index (χ4v) is 5.86. The molecule has 12 nitrogen and oxygen atoms in total. The second-order valence-electron chi connectivity index (χ2n) is 10.2. The number of anilines is 1. The molecular weight excluding hydrogens is 532 g/mol. The van der Waals surface area contributed by atoms with E-state index in [4.69, 9.17) is 20.4 Å². The van der Waals surface area contributed by atoms with Crippen LogP contribution in [0.25, 0.3) is 34.1 Å². The molecule has 0 saturated carbocycles. The zero-order chi connectivity index (χ0) is 28.2. The van der Waals surface area contributed by atoms with Crippen molar-refractivity contribution in [1.29, 1.82) is 0 Å². The summed E-state index contributed by atoms with van der Waals surface area (Å²) in [6.45, 7) is 0.548. The second-order valence-corrected chi connectivity index (χ2v) is 10.2. The fraction of sp³-hybridized carbons (Fsp3) is 0.167. The monoisotopic (exact) mass is 556 g/mol. The number of nitrogens with zero attached hydrogens (tertiary/aromatic N) is 8. The molecule has 6 aromatic rings. The molecule has 2 aliphatic rings. The number of carbonyl (C=O) groups excluding carboxylic acids is 1. The van der Waals surface area contributed by atoms with E-state index in [1.165, 1.54) is 4.80 Å². The molecule has 42 heavy (non-hydrogen) atoms. The van der Waals surface area contributed by atoms with Gasteiger partial charge in [-0.25, -0.2) is 19.9 Å². The first-order chi connectivity index (χ1) is 20.6. The highest BCUT2D eigenvalue weighted by Gasteiger charge is 2.28. The number of carbonyl (C=O) groups is 1. The summed E-state index contributed by atoms with van der Waals surface area (Å²) in [7, 11) is 0. The van der Waals surface area contributed by atoms with Gasteiger partial charge in [-0.15, -0.1) is 4.80 Å². The zero-order valence-corrected chi connectivity index (χ0v) is 22.3. The zero-order valence-electron chi connectivity index (χ0n) is 22.3. The minimum atomic E-state index is -0.111. The molecule has 0 spiro atoms. The van der Waals surface area contributed by atoms with Gasteiger partial charge in [-0.05, 0) is 66.4 Å². The Morgan fingerprint density at radius 2 is 1.88 bits per heavy atom. The highest BCUT2D eigenvalue weighted by molar-refractivity contribution is 5.96. The first kappa shape index (κ1) is 24.2. The lowest BCUT2D eigenvalue weighted by Crippen LogP contribution is -2.28. The first-order valence-electron chi connectivity index (χ1n) is 13.7. The Morgan fingerprint density at radius 3 is 2.76 bits per heavy atom. The summed E-state index contributed by atoms with van der Waals surface area (Å²) in [6.07, 6.45) is 8.80. The molecule has 1 aliphatic carbocycles. The van der Waals surface area contributed by atoms with E-state index in [0.717, 1.165) is 35.2 Å². The summed E-state index contributed by atoms with van der Waals surface area (Å²) in [4.78, 5) is 33.1. The molecule has 0 saturated heterocycles. The van der Waals surface area contributed by atoms with Crippen LogP contribution in [-0.2, 0) is 12.8 Å². The van der Waals surface area contributed by atoms with Gasteiger partial charge in [0.25, 0.3) is 5.91 Å². The second kappa shape index (κ2) is 9.47. The SMILES string of the molecule is Nc1ncccc1-c1nc2ccc(-n3nccn3)nc2n1-c1ccc2c(c1)CC[C@@H]2NC(=O)c1ccnc2c1CCO2. The predicted octanol–water partition coefficient (Wildman–Crippen LogP) is 3.39. The Labute approximate surface area is 239 Å². The summed E-state index contributed by atoms with van der Waals surface area (Å²) in [6, 6.07) is 15.4. The minimum Gasteiger partial charge on any atom is -0.477 e. The van der Waals surface area contributed by atoms with Crippen LogP contribution in [-0.4, -0.2) is 52.0 Å². The van der Waals surface area contributed by atoms with E-state index in [1.54, 1.807) is 30.9 Å². The Hall–Kier alpha value is -5.65. The minimum absolute atomic E-state index is 0.101. The topological polar surface area (TPSA) is 152 Å². The van der Waals surface area contributed by atoms with E-state index < -0.39 is 0 Å². The maximum absolute atomic E-state index is 13.3. The van der Waals surface area contributed by atoms with E-state index in [9.17, 15) is 4.79 Å². The van der Waals surface area contributed by atoms with Gasteiger partial charge in [0.15, 0.2) is 17.3 Å². The van der Waals surface area contributed by atoms with Gasteiger partial charge in [0.05, 0.1) is 30.6 Å². The molecule has 12 heteroatoms. The van der Waals surface area contributed by atoms with Crippen LogP contribution in [0.1, 0.15) is 39.5 Å². The number of ether oxygens (including phenoxy) is 1. The average Bonchev–Trinajstić information content (AvgIpc) is 3.83. The first-order valence-corrected chi connectivity index (χ1v) is 13.7. The van der Waals surface area contributed by atoms with Crippen LogP contribution >= 0.6 is 0 Å². The Morgan fingerprint density at radius 1 is 0.976 bits per heavy atom. The number of nitrogen functional groups attached to an aromatic ring is 1. The van der Waals surface area contributed by atoms with Gasteiger partial charge < -0.3 is 15.8 Å². The number of amides is 1. The van der Waals surface area contributed by atoms with E-state index in [1.807, 2.05) is 34.9 Å². The summed E-state index contributed by atoms with van der Waals surface area (Å²) < 4.78 is 7.54. The van der Waals surface area contributed by atoms with Gasteiger partial charge >= 0.3 is 0 Å². The third-order valence-electron chi connectivity index (χ3n) is 7.81. The number of aryl methyl sites for hydroxylation is 1. The lowest BCUT2D eigenvalue weighted by Gasteiger charge is -2.16. The molecule has 0 fully saturated rings. The number of rotatable bonds is 5. The Kier molecular flexibility index (Phi) is 5.45. The Bertz CT molecular complexity index is 2000. The standard InChI is InChI=1S/C30H24N10O2/c31-26-22(2-1-11-32-26)27-36-24-7-8-25(40-34-13-14-35-40)38-28(24)39(27)18-4-5-19-17(16-18)3-6-23(19)37-29(41)20-9-12-33-30-21(20)10-15-42-30/h1-2,4-5,7-9,11-14,16,23H,3,6,10,15H2,(H2,31,32)(H,37,41)/t23-/m0/s1. The van der Waals surface area contributed by atoms with Gasteiger partial charge in [-0.3, -0.25) is 9.36 Å². The van der Waals surface area contributed by atoms with Crippen molar-refractivity contribution < 1.29 is 9.53 Å². The van der Waals surface area contributed by atoms with Crippen LogP contribution < -0.4 is 15.8 Å². The number of fused-ring (bicyclic) bond motifs is 3. The number of imidazole rings is 1. The highest BCUT2D eigenvalue weighted by atomic mass is 16.5. The third kappa shape index (κ3) is 3.87. The summed E-state index contributed by atoms with van der Waals surface area (Å²) >= 11 is 0. The van der Waals surface area contributed by atoms with Crippen molar-refractivity contribution in [2.24, 2.45) is 0 Å². The number of pyridine rings is 3. The van der Waals surface area contributed by atoms with Gasteiger partial charge in [0, 0.05) is 35.6 Å². The van der Waals surface area contributed by atoms with Crippen molar-refractivity contribution in [3.63, 3.8) is 0 Å². The Balaban J connectivity index is 1.19. The fourth-order valence-electron chi connectivity index (χ4n) is 5.86. The molecule has 5 aromatic heterocycles. The van der Waals surface area contributed by atoms with Gasteiger partial charge in [0.2, 0.25) is 5.88 Å². The maximum Gasteiger partial charge on any atom is 0.252 e. The molecule has 206 valence electrons. The van der Waals surface area contributed by atoms with Gasteiger partial charge in [-0.2, -0.15) is 10.2 Å². The van der Waals surface area contributed by atoms with Gasteiger partial charge in [0.1, 0.15) is 11.3 Å². The summed E-state index contributed by atoms with van der Waals surface area (Å²) in [5, 5.41) is 11.7. The summed E-state index contributed by atoms with van der Waals surface area (Å²) in [5.74, 6) is 2.01. The number of nitrogens with two attached hydrogens (primary N) is 1. The molecule has 1 aliphatic heterocycles. The van der Waals surface area contributed by atoms with Crippen molar-refractivity contribution in [1.82, 2.24) is 44.8 Å². The molecular formula is C30H24N10O2. The van der Waals surface area contributed by atoms with Crippen molar-refractivity contribution in [3.05, 3.63) is 95.6 Å². The van der Waals surface area contributed by atoms with Crippen molar-refractivity contribution in [2.45, 2.75) is 25.3 Å². The summed E-state index contributed by atoms with van der Waals surface area (Å²) in [5.41, 5.74) is 13.0. The molecule has 0 unspecified atom stereocenters. The van der Waals surface area contributed by atoms with Crippen LogP contribution in [0.5, 0.6) is 5.88 Å². The van der Waals surface area contributed by atoms with E-state index in [-0.39, 0.29) is 11.9 Å². The maximum atomic E-state index is 13.3. The molecule has 1 aromatic carbocycles. The number of aromatic nitrogens is 8. The lowest BCUT2D eigenvalue weighted by atomic mass is 10.0. The van der Waals surface area contributed by atoms with Gasteiger partial charge in [-0.1, -0.05) is 6.07 Å². The van der Waals surface area contributed by atoms with Crippen LogP contribution in [0.4, 0.5) is 5.82 Å². The largest absolute Gasteiger partial charge is 0.477 e. The quantitative estimate of drug-likeness (QED) is 0.325. The molecule has 8 rings (SSSR count). The average molecular weight is 557 g/mol. The number of hydrogen-bond acceptors (Lipinski definition) is 9. The molecule has 6 heterocycles. The number of benzene rings is 1. The van der Waals surface area contributed by atoms with Crippen LogP contribution in [0, 0.1) is 0 Å².